The summed E-state index contributed by atoms with van der Waals surface area (Å²) < 4.78 is 11.3. The van der Waals surface area contributed by atoms with E-state index in [9.17, 15) is 4.79 Å². The third kappa shape index (κ3) is 5.24. The van der Waals surface area contributed by atoms with Gasteiger partial charge in [0.05, 0.1) is 12.7 Å². The van der Waals surface area contributed by atoms with Crippen molar-refractivity contribution in [2.45, 2.75) is 70.1 Å². The molecule has 1 saturated carbocycles. The van der Waals surface area contributed by atoms with Gasteiger partial charge in [-0.25, -0.2) is 0 Å². The Balaban J connectivity index is 1.70. The quantitative estimate of drug-likeness (QED) is 0.781. The minimum Gasteiger partial charge on any atom is -0.376 e. The molecule has 3 N–H and O–H groups in total. The molecule has 0 aromatic carbocycles. The lowest BCUT2D eigenvalue weighted by Gasteiger charge is -2.32. The molecule has 1 aliphatic carbocycles. The molecule has 5 nitrogen and oxygen atoms in total. The van der Waals surface area contributed by atoms with Crippen molar-refractivity contribution in [3.63, 3.8) is 0 Å². The van der Waals surface area contributed by atoms with E-state index in [1.165, 1.54) is 19.3 Å². The molecule has 2 fully saturated rings. The van der Waals surface area contributed by atoms with Crippen LogP contribution >= 0.6 is 0 Å². The number of amides is 1. The van der Waals surface area contributed by atoms with E-state index < -0.39 is 6.10 Å². The molecule has 2 aliphatic rings. The molecule has 1 aliphatic heterocycles. The molecular formula is C16H30N2O3. The average molecular weight is 298 g/mol. The van der Waals surface area contributed by atoms with Crippen molar-refractivity contribution in [3.05, 3.63) is 0 Å². The zero-order valence-electron chi connectivity index (χ0n) is 13.2. The smallest absolute Gasteiger partial charge is 0.249 e. The first-order valence-electron chi connectivity index (χ1n) is 8.44. The molecule has 4 atom stereocenters. The van der Waals surface area contributed by atoms with E-state index >= 15 is 0 Å². The van der Waals surface area contributed by atoms with E-state index in [2.05, 4.69) is 5.32 Å². The second kappa shape index (κ2) is 8.71. The van der Waals surface area contributed by atoms with E-state index in [0.717, 1.165) is 32.3 Å². The van der Waals surface area contributed by atoms with Crippen molar-refractivity contribution < 1.29 is 14.3 Å². The van der Waals surface area contributed by atoms with E-state index in [1.807, 2.05) is 6.92 Å². The zero-order chi connectivity index (χ0) is 15.1. The van der Waals surface area contributed by atoms with Crippen LogP contribution < -0.4 is 11.1 Å². The highest BCUT2D eigenvalue weighted by molar-refractivity contribution is 5.80. The summed E-state index contributed by atoms with van der Waals surface area (Å²) in [5.41, 5.74) is 5.80. The van der Waals surface area contributed by atoms with E-state index in [1.54, 1.807) is 0 Å². The minimum atomic E-state index is -0.420. The molecule has 0 radical (unpaired) electrons. The molecule has 2 rings (SSSR count). The average Bonchev–Trinajstić information content (AvgIpc) is 2.54. The fourth-order valence-electron chi connectivity index (χ4n) is 3.25. The number of carbonyl (C=O) groups is 1. The van der Waals surface area contributed by atoms with Gasteiger partial charge >= 0.3 is 0 Å². The maximum Gasteiger partial charge on any atom is 0.249 e. The number of rotatable bonds is 6. The number of carbonyl (C=O) groups excluding carboxylic acids is 1. The summed E-state index contributed by atoms with van der Waals surface area (Å²) in [4.78, 5) is 12.2. The van der Waals surface area contributed by atoms with Crippen molar-refractivity contribution in [2.24, 2.45) is 11.7 Å². The highest BCUT2D eigenvalue weighted by Crippen LogP contribution is 2.23. The van der Waals surface area contributed by atoms with Crippen LogP contribution in [0.1, 0.15) is 51.9 Å². The molecule has 0 aromatic rings. The van der Waals surface area contributed by atoms with Gasteiger partial charge in [-0.05, 0) is 51.5 Å². The van der Waals surface area contributed by atoms with Crippen molar-refractivity contribution >= 4 is 5.91 Å². The number of hydrogen-bond acceptors (Lipinski definition) is 4. The predicted octanol–water partition coefficient (Wildman–Crippen LogP) is 1.59. The van der Waals surface area contributed by atoms with Gasteiger partial charge in [0.1, 0.15) is 6.10 Å². The molecular weight excluding hydrogens is 268 g/mol. The van der Waals surface area contributed by atoms with Crippen LogP contribution in [0.5, 0.6) is 0 Å². The molecule has 1 heterocycles. The Morgan fingerprint density at radius 3 is 2.76 bits per heavy atom. The summed E-state index contributed by atoms with van der Waals surface area (Å²) in [7, 11) is 0. The van der Waals surface area contributed by atoms with Gasteiger partial charge in [-0.2, -0.15) is 0 Å². The number of nitrogens with two attached hydrogens (primary N) is 1. The molecule has 122 valence electrons. The lowest BCUT2D eigenvalue weighted by atomic mass is 9.84. The molecule has 1 amide bonds. The number of hydrogen-bond donors (Lipinski definition) is 2. The first-order chi connectivity index (χ1) is 10.2. The van der Waals surface area contributed by atoms with Crippen molar-refractivity contribution in [1.29, 1.82) is 0 Å². The van der Waals surface area contributed by atoms with Gasteiger partial charge in [0.2, 0.25) is 5.91 Å². The topological polar surface area (TPSA) is 73.6 Å². The van der Waals surface area contributed by atoms with Crippen LogP contribution in [0.15, 0.2) is 0 Å². The Kier molecular flexibility index (Phi) is 6.93. The normalized spacial score (nSPS) is 31.6. The van der Waals surface area contributed by atoms with Gasteiger partial charge in [-0.15, -0.1) is 0 Å². The third-order valence-electron chi connectivity index (χ3n) is 4.71. The fraction of sp³-hybridized carbons (Fsp3) is 0.938. The van der Waals surface area contributed by atoms with Gasteiger partial charge in [0.15, 0.2) is 0 Å². The Hall–Kier alpha value is -0.650. The molecule has 0 aromatic heterocycles. The molecule has 1 saturated heterocycles. The van der Waals surface area contributed by atoms with Crippen molar-refractivity contribution in [2.75, 3.05) is 19.8 Å². The van der Waals surface area contributed by atoms with Crippen molar-refractivity contribution in [3.8, 4) is 0 Å². The molecule has 0 bridgehead atoms. The van der Waals surface area contributed by atoms with Gasteiger partial charge < -0.3 is 20.5 Å². The summed E-state index contributed by atoms with van der Waals surface area (Å²) in [5, 5.41) is 3.12. The SMILES string of the molecule is CC(OCC1CCCCO1)C(=O)NC1CCCCC1CN. The third-order valence-corrected chi connectivity index (χ3v) is 4.71. The highest BCUT2D eigenvalue weighted by Gasteiger charge is 2.27. The van der Waals surface area contributed by atoms with Crippen molar-refractivity contribution in [1.82, 2.24) is 5.32 Å². The van der Waals surface area contributed by atoms with E-state index in [4.69, 9.17) is 15.2 Å². The van der Waals surface area contributed by atoms with Gasteiger partial charge in [-0.3, -0.25) is 4.79 Å². The monoisotopic (exact) mass is 298 g/mol. The maximum atomic E-state index is 12.2. The molecule has 21 heavy (non-hydrogen) atoms. The van der Waals surface area contributed by atoms with Gasteiger partial charge in [-0.1, -0.05) is 12.8 Å². The highest BCUT2D eigenvalue weighted by atomic mass is 16.5. The largest absolute Gasteiger partial charge is 0.376 e. The summed E-state index contributed by atoms with van der Waals surface area (Å²) in [6.07, 6.45) is 7.64. The Labute approximate surface area is 127 Å². The Bertz CT molecular complexity index is 319. The minimum absolute atomic E-state index is 0.0174. The predicted molar refractivity (Wildman–Crippen MR) is 81.9 cm³/mol. The fourth-order valence-corrected chi connectivity index (χ4v) is 3.25. The number of ether oxygens (including phenoxy) is 2. The Morgan fingerprint density at radius 2 is 2.05 bits per heavy atom. The Morgan fingerprint density at radius 1 is 1.29 bits per heavy atom. The lowest BCUT2D eigenvalue weighted by molar-refractivity contribution is -0.136. The second-order valence-corrected chi connectivity index (χ2v) is 6.36. The standard InChI is InChI=1S/C16H30N2O3/c1-12(21-11-14-7-4-5-9-20-14)16(19)18-15-8-3-2-6-13(15)10-17/h12-15H,2-11,17H2,1H3,(H,18,19). The van der Waals surface area contributed by atoms with E-state index in [0.29, 0.717) is 19.1 Å². The molecule has 5 heteroatoms. The molecule has 0 spiro atoms. The maximum absolute atomic E-state index is 12.2. The van der Waals surface area contributed by atoms with Crippen LogP contribution in [0.25, 0.3) is 0 Å². The van der Waals surface area contributed by atoms with Crippen LogP contribution in [-0.2, 0) is 14.3 Å². The first-order valence-corrected chi connectivity index (χ1v) is 8.44. The first kappa shape index (κ1) is 16.7. The zero-order valence-corrected chi connectivity index (χ0v) is 13.2. The van der Waals surface area contributed by atoms with Gasteiger partial charge in [0.25, 0.3) is 0 Å². The molecule has 4 unspecified atom stereocenters. The summed E-state index contributed by atoms with van der Waals surface area (Å²) in [6, 6.07) is 0.216. The summed E-state index contributed by atoms with van der Waals surface area (Å²) in [5.74, 6) is 0.396. The summed E-state index contributed by atoms with van der Waals surface area (Å²) in [6.45, 7) is 3.79. The van der Waals surface area contributed by atoms with Crippen LogP contribution in [0.2, 0.25) is 0 Å². The van der Waals surface area contributed by atoms with E-state index in [-0.39, 0.29) is 18.1 Å². The van der Waals surface area contributed by atoms with Crippen LogP contribution in [0, 0.1) is 5.92 Å². The van der Waals surface area contributed by atoms with Crippen LogP contribution in [-0.4, -0.2) is 43.9 Å². The summed E-state index contributed by atoms with van der Waals surface area (Å²) >= 11 is 0. The second-order valence-electron chi connectivity index (χ2n) is 6.36. The van der Waals surface area contributed by atoms with Crippen LogP contribution in [0.4, 0.5) is 0 Å². The lowest BCUT2D eigenvalue weighted by Crippen LogP contribution is -2.48. The number of nitrogens with one attached hydrogen (secondary N) is 1. The van der Waals surface area contributed by atoms with Crippen LogP contribution in [0.3, 0.4) is 0 Å². The van der Waals surface area contributed by atoms with Gasteiger partial charge in [0, 0.05) is 12.6 Å².